The second-order valence-corrected chi connectivity index (χ2v) is 32.2. The average Bonchev–Trinajstić information content (AvgIpc) is 3.75. The number of carbonyl (C=O) groups is 1. The van der Waals surface area contributed by atoms with Crippen LogP contribution in [-0.2, 0) is 27.0 Å². The molecule has 398 valence electrons. The van der Waals surface area contributed by atoms with E-state index >= 15 is 0 Å². The number of benzene rings is 4. The summed E-state index contributed by atoms with van der Waals surface area (Å²) in [6.45, 7) is 25.4. The number of aliphatic hydroxyl groups excluding tert-OH is 1. The third-order valence-corrected chi connectivity index (χ3v) is 24.4. The predicted octanol–water partition coefficient (Wildman–Crippen LogP) is 13.9. The fourth-order valence-corrected chi connectivity index (χ4v) is 11.0. The van der Waals surface area contributed by atoms with Gasteiger partial charge in [0.1, 0.15) is 59.3 Å². The maximum absolute atomic E-state index is 14.5. The number of hydrogen-bond acceptors (Lipinski definition) is 14. The van der Waals surface area contributed by atoms with Crippen molar-refractivity contribution in [3.63, 3.8) is 0 Å². The van der Waals surface area contributed by atoms with Crippen molar-refractivity contribution in [3.05, 3.63) is 125 Å². The number of fused-ring (bicyclic) bond motifs is 1. The van der Waals surface area contributed by atoms with Crippen LogP contribution < -0.4 is 23.4 Å². The number of esters is 1. The summed E-state index contributed by atoms with van der Waals surface area (Å²) in [4.78, 5) is 34.2. The molecule has 0 saturated heterocycles. The van der Waals surface area contributed by atoms with E-state index in [0.717, 1.165) is 10.4 Å². The molecule has 0 bridgehead atoms. The van der Waals surface area contributed by atoms with Crippen LogP contribution in [0.25, 0.3) is 43.2 Å². The Kier molecular flexibility index (Phi) is 17.8. The zero-order valence-corrected chi connectivity index (χ0v) is 48.7. The molecule has 75 heavy (non-hydrogen) atoms. The van der Waals surface area contributed by atoms with Gasteiger partial charge in [0.25, 0.3) is 0 Å². The Morgan fingerprint density at radius 1 is 0.827 bits per heavy atom. The van der Waals surface area contributed by atoms with Gasteiger partial charge in [-0.1, -0.05) is 83.5 Å². The van der Waals surface area contributed by atoms with Crippen molar-refractivity contribution in [1.82, 2.24) is 19.9 Å². The molecular formula is C57H68ClFN4O9SSi2. The molecule has 0 amide bonds. The Balaban J connectivity index is 1.27. The molecular weight excluding hydrogens is 1030 g/mol. The quantitative estimate of drug-likeness (QED) is 0.0537. The van der Waals surface area contributed by atoms with Gasteiger partial charge in [0.2, 0.25) is 20.3 Å². The first kappa shape index (κ1) is 56.8. The normalized spacial score (nSPS) is 13.1. The summed E-state index contributed by atoms with van der Waals surface area (Å²) in [5.74, 6) is 1.67. The van der Waals surface area contributed by atoms with E-state index in [-0.39, 0.29) is 48.8 Å². The van der Waals surface area contributed by atoms with E-state index in [1.54, 1.807) is 44.5 Å². The molecule has 3 heterocycles. The fraction of sp³-hybridized carbons (Fsp3) is 0.386. The first-order valence-corrected chi connectivity index (χ1v) is 31.9. The summed E-state index contributed by atoms with van der Waals surface area (Å²) < 4.78 is 58.3. The average molecular weight is 1100 g/mol. The number of carbonyl (C=O) groups excluding carboxylic acids is 1. The molecule has 7 rings (SSSR count). The summed E-state index contributed by atoms with van der Waals surface area (Å²) >= 11 is 8.51. The highest BCUT2D eigenvalue weighted by molar-refractivity contribution is 7.22. The van der Waals surface area contributed by atoms with Crippen LogP contribution in [0.1, 0.15) is 65.3 Å². The second kappa shape index (κ2) is 23.5. The molecule has 0 aliphatic rings. The molecule has 0 fully saturated rings. The van der Waals surface area contributed by atoms with Gasteiger partial charge in [0.05, 0.1) is 42.0 Å². The van der Waals surface area contributed by atoms with Gasteiger partial charge in [0, 0.05) is 28.6 Å². The molecule has 2 atom stereocenters. The Hall–Kier alpha value is -5.96. The topological polar surface area (TPSA) is 153 Å². The van der Waals surface area contributed by atoms with Crippen molar-refractivity contribution in [3.8, 4) is 61.8 Å². The zero-order valence-electron chi connectivity index (χ0n) is 45.1. The van der Waals surface area contributed by atoms with Gasteiger partial charge in [0.15, 0.2) is 14.1 Å². The number of ether oxygens (including phenoxy) is 5. The third kappa shape index (κ3) is 13.4. The molecule has 0 spiro atoms. The van der Waals surface area contributed by atoms with E-state index < -0.39 is 40.6 Å². The van der Waals surface area contributed by atoms with E-state index in [0.29, 0.717) is 77.6 Å². The largest absolute Gasteiger partial charge is 0.543 e. The Labute approximate surface area is 451 Å². The number of nitrogens with zero attached hydrogens (tertiary/aromatic N) is 4. The van der Waals surface area contributed by atoms with E-state index in [1.165, 1.54) is 29.8 Å². The summed E-state index contributed by atoms with van der Waals surface area (Å²) in [7, 11) is -2.84. The van der Waals surface area contributed by atoms with Crippen LogP contribution in [0.5, 0.6) is 28.9 Å². The van der Waals surface area contributed by atoms with Crippen LogP contribution in [0.15, 0.2) is 97.5 Å². The molecule has 13 nitrogen and oxygen atoms in total. The fourth-order valence-electron chi connectivity index (χ4n) is 7.55. The zero-order chi connectivity index (χ0) is 54.5. The minimum atomic E-state index is -2.33. The molecule has 1 N–H and O–H groups in total. The highest BCUT2D eigenvalue weighted by Crippen LogP contribution is 2.50. The van der Waals surface area contributed by atoms with E-state index in [2.05, 4.69) is 77.7 Å². The van der Waals surface area contributed by atoms with Crippen LogP contribution >= 0.6 is 22.9 Å². The lowest BCUT2D eigenvalue weighted by molar-refractivity contribution is -0.151. The van der Waals surface area contributed by atoms with Gasteiger partial charge in [-0.25, -0.2) is 29.1 Å². The number of para-hydroxylation sites is 1. The highest BCUT2D eigenvalue weighted by atomic mass is 35.5. The first-order valence-electron chi connectivity index (χ1n) is 24.9. The van der Waals surface area contributed by atoms with Gasteiger partial charge in [-0.3, -0.25) is 0 Å². The highest BCUT2D eigenvalue weighted by Gasteiger charge is 2.40. The molecule has 1 unspecified atom stereocenters. The smallest absolute Gasteiger partial charge is 0.347 e. The van der Waals surface area contributed by atoms with Gasteiger partial charge < -0.3 is 37.6 Å². The van der Waals surface area contributed by atoms with Crippen molar-refractivity contribution in [2.75, 3.05) is 26.9 Å². The SMILES string of the molecule is CCOC(=O)C(Cc1cc(O[Si](C)(C)C(C)(C)C)ccc1OCc1ccnc(-c2ccccc2OC)n1)Oc1ncnc2sc(-c3ccc(F)cc3)c(-c3ccc(OC[C@H](O)CO[Si](C)(C)C(C)(C)C)c(Cl)c3C)c12. The summed E-state index contributed by atoms with van der Waals surface area (Å²) in [5.41, 5.74) is 4.67. The van der Waals surface area contributed by atoms with Gasteiger partial charge in [-0.05, 0) is 121 Å². The summed E-state index contributed by atoms with van der Waals surface area (Å²) in [6.07, 6.45) is 0.901. The first-order chi connectivity index (χ1) is 35.4. The van der Waals surface area contributed by atoms with Crippen LogP contribution in [0.4, 0.5) is 4.39 Å². The van der Waals surface area contributed by atoms with E-state index in [9.17, 15) is 14.3 Å². The number of methoxy groups -OCH3 is 1. The third-order valence-electron chi connectivity index (χ3n) is 13.9. The monoisotopic (exact) mass is 1090 g/mol. The molecule has 0 saturated carbocycles. The Bertz CT molecular complexity index is 3130. The van der Waals surface area contributed by atoms with Crippen LogP contribution in [0.2, 0.25) is 41.3 Å². The van der Waals surface area contributed by atoms with Crippen LogP contribution in [0.3, 0.4) is 0 Å². The predicted molar refractivity (Wildman–Crippen MR) is 300 cm³/mol. The van der Waals surface area contributed by atoms with Crippen LogP contribution in [0, 0.1) is 12.7 Å². The molecule has 4 aromatic carbocycles. The minimum Gasteiger partial charge on any atom is -0.543 e. The number of aromatic nitrogens is 4. The number of thiophene rings is 1. The molecule has 0 aliphatic heterocycles. The van der Waals surface area contributed by atoms with Crippen molar-refractivity contribution >= 4 is 55.8 Å². The lowest BCUT2D eigenvalue weighted by Crippen LogP contribution is -2.43. The maximum Gasteiger partial charge on any atom is 0.347 e. The molecule has 18 heteroatoms. The lowest BCUT2D eigenvalue weighted by Gasteiger charge is -2.36. The second-order valence-electron chi connectivity index (χ2n) is 21.3. The van der Waals surface area contributed by atoms with Crippen molar-refractivity contribution in [1.29, 1.82) is 0 Å². The van der Waals surface area contributed by atoms with E-state index in [4.69, 9.17) is 54.1 Å². The van der Waals surface area contributed by atoms with Gasteiger partial charge >= 0.3 is 5.97 Å². The Morgan fingerprint density at radius 3 is 2.23 bits per heavy atom. The summed E-state index contributed by atoms with van der Waals surface area (Å²) in [5, 5.41) is 11.6. The van der Waals surface area contributed by atoms with Crippen molar-refractivity contribution < 1.29 is 46.8 Å². The molecule has 7 aromatic rings. The van der Waals surface area contributed by atoms with Crippen LogP contribution in [-0.4, -0.2) is 86.8 Å². The molecule has 0 radical (unpaired) electrons. The number of rotatable bonds is 21. The number of halogens is 2. The van der Waals surface area contributed by atoms with Crippen molar-refractivity contribution in [2.45, 2.75) is 117 Å². The molecule has 3 aromatic heterocycles. The summed E-state index contributed by atoms with van der Waals surface area (Å²) in [6, 6.07) is 24.7. The van der Waals surface area contributed by atoms with Gasteiger partial charge in [-0.15, -0.1) is 11.3 Å². The lowest BCUT2D eigenvalue weighted by atomic mass is 9.96. The minimum absolute atomic E-state index is 0.0153. The molecule has 0 aliphatic carbocycles. The standard InChI is InChI=1S/C57H68ClFN4O9SSi2/c1-14-67-55(65)47(30-37-29-41(72-75(12,13)57(6,7)8)23-25-44(37)68-31-39-27-28-60-52(63-39)43-17-15-16-18-45(43)66-9)71-53-49-48(51(73-54(49)62-34-61-53)36-19-21-38(59)22-20-36)42-24-26-46(50(58)35(42)2)69-32-40(64)33-70-74(10,11)56(3,4)5/h15-29,34,40,47,64H,14,30-33H2,1-13H3/t40-,47?/m0/s1. The maximum atomic E-state index is 14.5. The number of aliphatic hydroxyl groups is 1. The van der Waals surface area contributed by atoms with Gasteiger partial charge in [-0.2, -0.15) is 0 Å². The van der Waals surface area contributed by atoms with E-state index in [1.807, 2.05) is 55.5 Å². The Morgan fingerprint density at radius 2 is 1.53 bits per heavy atom. The number of hydrogen-bond donors (Lipinski definition) is 1. The van der Waals surface area contributed by atoms with Crippen molar-refractivity contribution in [2.24, 2.45) is 0 Å².